The summed E-state index contributed by atoms with van der Waals surface area (Å²) in [4.78, 5) is 0. The fourth-order valence-electron chi connectivity index (χ4n) is 5.28. The topological polar surface area (TPSA) is 61.4 Å². The van der Waals surface area contributed by atoms with Gasteiger partial charge in [0.05, 0.1) is 12.4 Å². The van der Waals surface area contributed by atoms with Gasteiger partial charge in [-0.1, -0.05) is 120 Å². The lowest BCUT2D eigenvalue weighted by Gasteiger charge is -2.09. The van der Waals surface area contributed by atoms with E-state index in [1.807, 2.05) is 9.36 Å². The number of aryl methyl sites for hydroxylation is 4. The van der Waals surface area contributed by atoms with Gasteiger partial charge in [0, 0.05) is 24.2 Å². The average Bonchev–Trinajstić information content (AvgIpc) is 3.57. The highest BCUT2D eigenvalue weighted by atomic mass is 15.4. The number of hydrogen-bond acceptors (Lipinski definition) is 4. The summed E-state index contributed by atoms with van der Waals surface area (Å²) in [6, 6.07) is 4.46. The molecule has 0 unspecified atom stereocenters. The van der Waals surface area contributed by atoms with Crippen LogP contribution in [0.15, 0.2) is 24.5 Å². The predicted molar refractivity (Wildman–Crippen MR) is 159 cm³/mol. The number of nitrogens with zero attached hydrogens (tertiary/aromatic N) is 6. The molecule has 0 aliphatic heterocycles. The SMILES string of the molecule is CCCCCCCCCCn1cc(-c2cc(-c3cn(CCCCCCCCCC)nn3)c(C)cc2C)nn1. The maximum atomic E-state index is 4.52. The zero-order valence-corrected chi connectivity index (χ0v) is 24.7. The Morgan fingerprint density at radius 3 is 1.26 bits per heavy atom. The Kier molecular flexibility index (Phi) is 13.6. The number of hydrogen-bond donors (Lipinski definition) is 0. The Bertz CT molecular complexity index is 971. The molecule has 0 saturated heterocycles. The molecule has 0 saturated carbocycles. The van der Waals surface area contributed by atoms with E-state index >= 15 is 0 Å². The maximum Gasteiger partial charge on any atom is 0.113 e. The second-order valence-electron chi connectivity index (χ2n) is 11.2. The summed E-state index contributed by atoms with van der Waals surface area (Å²) in [5.74, 6) is 0. The standard InChI is InChI=1S/C32H52N6/c1-5-7-9-11-13-15-17-19-21-37-25-31(33-35-37)29-24-30(28(4)23-27(29)3)32-26-38(36-34-32)22-20-18-16-14-12-10-8-6-2/h23-26H,5-22H2,1-4H3. The minimum atomic E-state index is 0.937. The third-order valence-electron chi connectivity index (χ3n) is 7.68. The number of aromatic nitrogens is 6. The molecule has 38 heavy (non-hydrogen) atoms. The molecule has 0 aliphatic carbocycles. The predicted octanol–water partition coefficient (Wildman–Crippen LogP) is 9.10. The summed E-state index contributed by atoms with van der Waals surface area (Å²) >= 11 is 0. The number of rotatable bonds is 20. The molecule has 0 bridgehead atoms. The summed E-state index contributed by atoms with van der Waals surface area (Å²) in [6.07, 6.45) is 25.3. The van der Waals surface area contributed by atoms with E-state index in [0.717, 1.165) is 48.4 Å². The Morgan fingerprint density at radius 1 is 0.500 bits per heavy atom. The maximum absolute atomic E-state index is 4.52. The van der Waals surface area contributed by atoms with Crippen LogP contribution in [0.5, 0.6) is 0 Å². The van der Waals surface area contributed by atoms with Crippen LogP contribution in [0.3, 0.4) is 0 Å². The van der Waals surface area contributed by atoms with Gasteiger partial charge in [-0.25, -0.2) is 0 Å². The van der Waals surface area contributed by atoms with E-state index < -0.39 is 0 Å². The summed E-state index contributed by atoms with van der Waals surface area (Å²) in [5, 5.41) is 17.9. The van der Waals surface area contributed by atoms with E-state index in [0.29, 0.717) is 0 Å². The molecule has 210 valence electrons. The van der Waals surface area contributed by atoms with Gasteiger partial charge in [-0.15, -0.1) is 10.2 Å². The first-order chi connectivity index (χ1) is 18.6. The summed E-state index contributed by atoms with van der Waals surface area (Å²) in [5.41, 5.74) is 6.58. The van der Waals surface area contributed by atoms with Gasteiger partial charge < -0.3 is 0 Å². The lowest BCUT2D eigenvalue weighted by atomic mass is 9.97. The fraction of sp³-hybridized carbons (Fsp3) is 0.688. The van der Waals surface area contributed by atoms with Gasteiger partial charge in [-0.2, -0.15) is 0 Å². The summed E-state index contributed by atoms with van der Waals surface area (Å²) < 4.78 is 4.01. The second kappa shape index (κ2) is 17.2. The Labute approximate surface area is 231 Å². The van der Waals surface area contributed by atoms with Crippen molar-refractivity contribution < 1.29 is 0 Å². The lowest BCUT2D eigenvalue weighted by molar-refractivity contribution is 0.511. The molecule has 0 N–H and O–H groups in total. The van der Waals surface area contributed by atoms with E-state index in [2.05, 4.69) is 72.8 Å². The molecule has 0 spiro atoms. The van der Waals surface area contributed by atoms with Crippen molar-refractivity contribution in [2.75, 3.05) is 0 Å². The van der Waals surface area contributed by atoms with Gasteiger partial charge in [0.25, 0.3) is 0 Å². The molecule has 1 aromatic carbocycles. The van der Waals surface area contributed by atoms with Crippen molar-refractivity contribution in [3.63, 3.8) is 0 Å². The first-order valence-electron chi connectivity index (χ1n) is 15.5. The third kappa shape index (κ3) is 9.99. The lowest BCUT2D eigenvalue weighted by Crippen LogP contribution is -1.98. The zero-order chi connectivity index (χ0) is 27.0. The van der Waals surface area contributed by atoms with E-state index in [1.165, 1.54) is 101 Å². The highest BCUT2D eigenvalue weighted by molar-refractivity contribution is 5.74. The van der Waals surface area contributed by atoms with Gasteiger partial charge in [0.15, 0.2) is 0 Å². The van der Waals surface area contributed by atoms with Gasteiger partial charge in [-0.3, -0.25) is 9.36 Å². The normalized spacial score (nSPS) is 11.5. The van der Waals surface area contributed by atoms with Crippen molar-refractivity contribution >= 4 is 0 Å². The van der Waals surface area contributed by atoms with Crippen molar-refractivity contribution in [1.29, 1.82) is 0 Å². The molecular weight excluding hydrogens is 468 g/mol. The van der Waals surface area contributed by atoms with Gasteiger partial charge in [-0.05, 0) is 43.9 Å². The monoisotopic (exact) mass is 520 g/mol. The van der Waals surface area contributed by atoms with Crippen molar-refractivity contribution in [2.24, 2.45) is 0 Å². The smallest absolute Gasteiger partial charge is 0.113 e. The Morgan fingerprint density at radius 2 is 0.868 bits per heavy atom. The van der Waals surface area contributed by atoms with Crippen LogP contribution in [0, 0.1) is 13.8 Å². The molecule has 6 heteroatoms. The zero-order valence-electron chi connectivity index (χ0n) is 24.7. The van der Waals surface area contributed by atoms with Crippen LogP contribution in [0.4, 0.5) is 0 Å². The largest absolute Gasteiger partial charge is 0.252 e. The van der Waals surface area contributed by atoms with E-state index in [4.69, 9.17) is 0 Å². The molecule has 0 atom stereocenters. The van der Waals surface area contributed by atoms with Crippen molar-refractivity contribution in [3.05, 3.63) is 35.7 Å². The molecule has 6 nitrogen and oxygen atoms in total. The van der Waals surface area contributed by atoms with E-state index in [1.54, 1.807) is 0 Å². The van der Waals surface area contributed by atoms with Crippen molar-refractivity contribution in [3.8, 4) is 22.5 Å². The van der Waals surface area contributed by atoms with Crippen LogP contribution in [0.2, 0.25) is 0 Å². The first-order valence-corrected chi connectivity index (χ1v) is 15.5. The van der Waals surface area contributed by atoms with Gasteiger partial charge in [0.2, 0.25) is 0 Å². The van der Waals surface area contributed by atoms with Crippen LogP contribution >= 0.6 is 0 Å². The van der Waals surface area contributed by atoms with Crippen molar-refractivity contribution in [2.45, 2.75) is 144 Å². The highest BCUT2D eigenvalue weighted by Gasteiger charge is 2.14. The van der Waals surface area contributed by atoms with Crippen LogP contribution in [-0.2, 0) is 13.1 Å². The minimum absolute atomic E-state index is 0.937. The van der Waals surface area contributed by atoms with Crippen LogP contribution in [0.1, 0.15) is 128 Å². The first kappa shape index (κ1) is 30.0. The molecule has 2 heterocycles. The van der Waals surface area contributed by atoms with Crippen LogP contribution in [-0.4, -0.2) is 30.0 Å². The molecule has 3 rings (SSSR count). The number of unbranched alkanes of at least 4 members (excludes halogenated alkanes) is 14. The Hall–Kier alpha value is -2.50. The molecular formula is C32H52N6. The second-order valence-corrected chi connectivity index (χ2v) is 11.2. The van der Waals surface area contributed by atoms with Crippen LogP contribution < -0.4 is 0 Å². The van der Waals surface area contributed by atoms with Gasteiger partial charge in [0.1, 0.15) is 11.4 Å². The summed E-state index contributed by atoms with van der Waals surface area (Å²) in [7, 11) is 0. The van der Waals surface area contributed by atoms with Crippen molar-refractivity contribution in [1.82, 2.24) is 30.0 Å². The van der Waals surface area contributed by atoms with E-state index in [-0.39, 0.29) is 0 Å². The molecule has 2 aromatic heterocycles. The average molecular weight is 521 g/mol. The van der Waals surface area contributed by atoms with Crippen LogP contribution in [0.25, 0.3) is 22.5 Å². The highest BCUT2D eigenvalue weighted by Crippen LogP contribution is 2.30. The quantitative estimate of drug-likeness (QED) is 0.139. The molecule has 0 radical (unpaired) electrons. The molecule has 0 fully saturated rings. The molecule has 0 amide bonds. The van der Waals surface area contributed by atoms with Gasteiger partial charge >= 0.3 is 0 Å². The number of benzene rings is 1. The minimum Gasteiger partial charge on any atom is -0.252 e. The third-order valence-corrected chi connectivity index (χ3v) is 7.68. The molecule has 0 aliphatic rings. The van der Waals surface area contributed by atoms with E-state index in [9.17, 15) is 0 Å². The molecule has 3 aromatic rings. The Balaban J connectivity index is 1.50. The summed E-state index contributed by atoms with van der Waals surface area (Å²) in [6.45, 7) is 10.7. The fourth-order valence-corrected chi connectivity index (χ4v) is 5.28.